The third-order valence-corrected chi connectivity index (χ3v) is 1.27. The van der Waals surface area contributed by atoms with Gasteiger partial charge in [0.1, 0.15) is 0 Å². The van der Waals surface area contributed by atoms with Crippen LogP contribution in [0.25, 0.3) is 0 Å². The third-order valence-electron chi connectivity index (χ3n) is 1.27. The first-order valence-electron chi connectivity index (χ1n) is 3.22. The van der Waals surface area contributed by atoms with Crippen LogP contribution in [0.2, 0.25) is 0 Å². The number of alkyl halides is 6. The molecular formula is C5H6F6N2O. The molecule has 0 spiro atoms. The Morgan fingerprint density at radius 2 is 1.50 bits per heavy atom. The number of hydrogen-bond acceptors (Lipinski definition) is 1. The fraction of sp³-hybridized carbons (Fsp3) is 0.800. The molecule has 0 saturated heterocycles. The van der Waals surface area contributed by atoms with Crippen LogP contribution in [0.4, 0.5) is 31.1 Å². The van der Waals surface area contributed by atoms with E-state index in [-0.39, 0.29) is 0 Å². The van der Waals surface area contributed by atoms with Gasteiger partial charge in [0.25, 0.3) is 0 Å². The van der Waals surface area contributed by atoms with Gasteiger partial charge in [0, 0.05) is 6.54 Å². The number of carbonyl (C=O) groups is 1. The number of nitrogens with two attached hydrogens (primary N) is 1. The molecule has 0 bridgehead atoms. The number of hydrogen-bond donors (Lipinski definition) is 2. The Labute approximate surface area is 74.2 Å². The number of amides is 2. The molecule has 0 unspecified atom stereocenters. The molecule has 0 atom stereocenters. The Hall–Kier alpha value is -1.15. The summed E-state index contributed by atoms with van der Waals surface area (Å²) in [7, 11) is 0. The molecule has 3 N–H and O–H groups in total. The van der Waals surface area contributed by atoms with Crippen molar-refractivity contribution in [3.05, 3.63) is 0 Å². The van der Waals surface area contributed by atoms with E-state index in [9.17, 15) is 31.1 Å². The van der Waals surface area contributed by atoms with Gasteiger partial charge in [0.2, 0.25) is 0 Å². The zero-order valence-corrected chi connectivity index (χ0v) is 6.54. The Morgan fingerprint density at radius 1 is 1.14 bits per heavy atom. The van der Waals surface area contributed by atoms with Crippen molar-refractivity contribution in [2.75, 3.05) is 6.54 Å². The predicted molar refractivity (Wildman–Crippen MR) is 33.2 cm³/mol. The van der Waals surface area contributed by atoms with Gasteiger partial charge in [-0.25, -0.2) is 4.79 Å². The molecule has 0 aromatic carbocycles. The molecule has 0 heterocycles. The van der Waals surface area contributed by atoms with Crippen LogP contribution in [0.1, 0.15) is 0 Å². The lowest BCUT2D eigenvalue weighted by Gasteiger charge is -2.22. The predicted octanol–water partition coefficient (Wildman–Crippen LogP) is 1.40. The van der Waals surface area contributed by atoms with Gasteiger partial charge in [-0.1, -0.05) is 0 Å². The summed E-state index contributed by atoms with van der Waals surface area (Å²) in [5.41, 5.74) is 4.34. The molecule has 0 radical (unpaired) electrons. The standard InChI is InChI=1S/C5H6F6N2O/c6-4(7,8)2(5(9,10)11)1-13-3(12)14/h2H,1H2,(H3,12,13,14). The van der Waals surface area contributed by atoms with Gasteiger partial charge in [-0.2, -0.15) is 26.3 Å². The monoisotopic (exact) mass is 224 g/mol. The molecule has 0 aromatic heterocycles. The van der Waals surface area contributed by atoms with Gasteiger partial charge >= 0.3 is 18.4 Å². The summed E-state index contributed by atoms with van der Waals surface area (Å²) >= 11 is 0. The molecule has 0 aliphatic carbocycles. The second kappa shape index (κ2) is 3.93. The van der Waals surface area contributed by atoms with Crippen molar-refractivity contribution in [3.63, 3.8) is 0 Å². The Kier molecular flexibility index (Phi) is 3.60. The Morgan fingerprint density at radius 3 is 1.71 bits per heavy atom. The van der Waals surface area contributed by atoms with Gasteiger partial charge in [-0.05, 0) is 0 Å². The van der Waals surface area contributed by atoms with Crippen molar-refractivity contribution in [2.24, 2.45) is 11.7 Å². The summed E-state index contributed by atoms with van der Waals surface area (Å²) < 4.78 is 70.5. The molecule has 14 heavy (non-hydrogen) atoms. The first kappa shape index (κ1) is 12.8. The molecule has 0 aliphatic heterocycles. The number of carbonyl (C=O) groups excluding carboxylic acids is 1. The fourth-order valence-corrected chi connectivity index (χ4v) is 0.620. The molecule has 0 rings (SSSR count). The van der Waals surface area contributed by atoms with E-state index < -0.39 is 30.8 Å². The molecule has 0 aliphatic rings. The SMILES string of the molecule is NC(=O)NCC(C(F)(F)F)C(F)(F)F. The highest BCUT2D eigenvalue weighted by molar-refractivity contribution is 5.71. The zero-order chi connectivity index (χ0) is 11.6. The van der Waals surface area contributed by atoms with E-state index in [4.69, 9.17) is 0 Å². The maximum Gasteiger partial charge on any atom is 0.402 e. The highest BCUT2D eigenvalue weighted by atomic mass is 19.4. The summed E-state index contributed by atoms with van der Waals surface area (Å²) in [5.74, 6) is -3.59. The van der Waals surface area contributed by atoms with Crippen molar-refractivity contribution in [3.8, 4) is 0 Å². The third kappa shape index (κ3) is 4.19. The van der Waals surface area contributed by atoms with Crippen molar-refractivity contribution in [2.45, 2.75) is 12.4 Å². The van der Waals surface area contributed by atoms with Crippen molar-refractivity contribution in [1.29, 1.82) is 0 Å². The van der Waals surface area contributed by atoms with Gasteiger partial charge in [0.05, 0.1) is 0 Å². The van der Waals surface area contributed by atoms with Crippen LogP contribution >= 0.6 is 0 Å². The second-order valence-electron chi connectivity index (χ2n) is 2.38. The topological polar surface area (TPSA) is 55.1 Å². The van der Waals surface area contributed by atoms with Crippen LogP contribution in [0.15, 0.2) is 0 Å². The Balaban J connectivity index is 4.51. The second-order valence-corrected chi connectivity index (χ2v) is 2.38. The van der Waals surface area contributed by atoms with E-state index in [2.05, 4.69) is 5.73 Å². The molecule has 3 nitrogen and oxygen atoms in total. The van der Waals surface area contributed by atoms with Crippen molar-refractivity contribution < 1.29 is 31.1 Å². The fourth-order valence-electron chi connectivity index (χ4n) is 0.620. The highest BCUT2D eigenvalue weighted by Gasteiger charge is 2.56. The summed E-state index contributed by atoms with van der Waals surface area (Å²) in [6, 6.07) is -1.44. The van der Waals surface area contributed by atoms with Crippen LogP contribution in [-0.2, 0) is 0 Å². The maximum atomic E-state index is 11.8. The minimum absolute atomic E-state index is 1.26. The first-order chi connectivity index (χ1) is 6.05. The lowest BCUT2D eigenvalue weighted by Crippen LogP contribution is -2.46. The number of nitrogens with one attached hydrogen (secondary N) is 1. The molecule has 0 aromatic rings. The van der Waals surface area contributed by atoms with Crippen LogP contribution < -0.4 is 11.1 Å². The molecular weight excluding hydrogens is 218 g/mol. The largest absolute Gasteiger partial charge is 0.402 e. The molecule has 84 valence electrons. The first-order valence-corrected chi connectivity index (χ1v) is 3.22. The van der Waals surface area contributed by atoms with Gasteiger partial charge in [-0.15, -0.1) is 0 Å². The Bertz CT molecular complexity index is 195. The van der Waals surface area contributed by atoms with Crippen molar-refractivity contribution in [1.82, 2.24) is 5.32 Å². The van der Waals surface area contributed by atoms with E-state index in [0.29, 0.717) is 0 Å². The van der Waals surface area contributed by atoms with Crippen LogP contribution in [0.5, 0.6) is 0 Å². The summed E-state index contributed by atoms with van der Waals surface area (Å²) in [6.07, 6.45) is -10.9. The molecule has 0 saturated carbocycles. The van der Waals surface area contributed by atoms with Crippen LogP contribution in [0.3, 0.4) is 0 Å². The minimum atomic E-state index is -5.46. The minimum Gasteiger partial charge on any atom is -0.352 e. The van der Waals surface area contributed by atoms with E-state index >= 15 is 0 Å². The number of primary amides is 1. The van der Waals surface area contributed by atoms with E-state index in [1.807, 2.05) is 0 Å². The quantitative estimate of drug-likeness (QED) is 0.684. The highest BCUT2D eigenvalue weighted by Crippen LogP contribution is 2.38. The number of halogens is 6. The lowest BCUT2D eigenvalue weighted by molar-refractivity contribution is -0.281. The number of rotatable bonds is 2. The maximum absolute atomic E-state index is 11.8. The number of urea groups is 1. The lowest BCUT2D eigenvalue weighted by atomic mass is 10.1. The molecule has 0 fully saturated rings. The van der Waals surface area contributed by atoms with Crippen LogP contribution in [0, 0.1) is 5.92 Å². The van der Waals surface area contributed by atoms with Crippen LogP contribution in [-0.4, -0.2) is 24.9 Å². The summed E-state index contributed by atoms with van der Waals surface area (Å²) in [5, 5.41) is 1.26. The van der Waals surface area contributed by atoms with Gasteiger partial charge in [0.15, 0.2) is 5.92 Å². The average molecular weight is 224 g/mol. The van der Waals surface area contributed by atoms with Crippen molar-refractivity contribution >= 4 is 6.03 Å². The molecule has 2 amide bonds. The smallest absolute Gasteiger partial charge is 0.352 e. The molecule has 9 heteroatoms. The summed E-state index contributed by atoms with van der Waals surface area (Å²) in [6.45, 7) is -1.61. The average Bonchev–Trinajstić information content (AvgIpc) is 1.78. The van der Waals surface area contributed by atoms with Gasteiger partial charge < -0.3 is 11.1 Å². The van der Waals surface area contributed by atoms with E-state index in [1.54, 1.807) is 0 Å². The van der Waals surface area contributed by atoms with Gasteiger partial charge in [-0.3, -0.25) is 0 Å². The zero-order valence-electron chi connectivity index (χ0n) is 6.54. The summed E-state index contributed by atoms with van der Waals surface area (Å²) in [4.78, 5) is 9.93. The normalized spacial score (nSPS) is 13.1. The van der Waals surface area contributed by atoms with E-state index in [1.165, 1.54) is 5.32 Å². The van der Waals surface area contributed by atoms with E-state index in [0.717, 1.165) is 0 Å².